The molecule has 2 unspecified atom stereocenters. The first-order valence-corrected chi connectivity index (χ1v) is 26.2. The number of allylic oxidation sites excluding steroid dienone is 6. The predicted octanol–water partition coefficient (Wildman–Crippen LogP) is 14.9. The van der Waals surface area contributed by atoms with E-state index in [1.807, 2.05) is 21.1 Å². The van der Waals surface area contributed by atoms with Gasteiger partial charge in [0, 0.05) is 13.0 Å². The van der Waals surface area contributed by atoms with Crippen LogP contribution in [0.4, 0.5) is 0 Å². The van der Waals surface area contributed by atoms with Crippen molar-refractivity contribution < 1.29 is 37.3 Å². The second kappa shape index (κ2) is 43.4. The minimum atomic E-state index is -4.28. The Morgan fingerprint density at radius 2 is 0.983 bits per heavy atom. The van der Waals surface area contributed by atoms with E-state index in [9.17, 15) is 14.3 Å². The van der Waals surface area contributed by atoms with Gasteiger partial charge in [0.2, 0.25) is 0 Å². The maximum atomic E-state index is 12.7. The first-order valence-electron chi connectivity index (χ1n) is 24.7. The van der Waals surface area contributed by atoms with Crippen molar-refractivity contribution in [2.24, 2.45) is 0 Å². The molecule has 348 valence electrons. The van der Waals surface area contributed by atoms with E-state index in [4.69, 9.17) is 18.5 Å². The first kappa shape index (κ1) is 57.7. The van der Waals surface area contributed by atoms with E-state index < -0.39 is 13.9 Å². The van der Waals surface area contributed by atoms with E-state index in [1.54, 1.807) is 0 Å². The van der Waals surface area contributed by atoms with E-state index in [0.29, 0.717) is 24.1 Å². The van der Waals surface area contributed by atoms with Gasteiger partial charge >= 0.3 is 13.8 Å². The molecule has 0 radical (unpaired) electrons. The number of phosphoric ester groups is 1. The van der Waals surface area contributed by atoms with Crippen LogP contribution in [0.25, 0.3) is 0 Å². The number of unbranched alkanes of at least 4 members (excludes halogenated alkanes) is 26. The molecule has 9 heteroatoms. The summed E-state index contributed by atoms with van der Waals surface area (Å²) in [6.07, 6.45) is 52.1. The lowest BCUT2D eigenvalue weighted by Gasteiger charge is -2.24. The molecule has 0 aliphatic heterocycles. The van der Waals surface area contributed by atoms with Gasteiger partial charge in [0.15, 0.2) is 0 Å². The number of esters is 1. The van der Waals surface area contributed by atoms with Crippen LogP contribution in [0, 0.1) is 0 Å². The predicted molar refractivity (Wildman–Crippen MR) is 252 cm³/mol. The minimum absolute atomic E-state index is 0.0837. The third-order valence-electron chi connectivity index (χ3n) is 10.7. The summed E-state index contributed by atoms with van der Waals surface area (Å²) < 4.78 is 35.0. The first-order chi connectivity index (χ1) is 28.6. The Hall–Kier alpha value is -1.28. The number of hydrogen-bond donors (Lipinski definition) is 1. The van der Waals surface area contributed by atoms with Crippen LogP contribution < -0.4 is 0 Å². The zero-order chi connectivity index (χ0) is 43.4. The Morgan fingerprint density at radius 3 is 1.46 bits per heavy atom. The fourth-order valence-electron chi connectivity index (χ4n) is 6.92. The number of likely N-dealkylation sites (N-methyl/N-ethyl adjacent to an activating group) is 1. The minimum Gasteiger partial charge on any atom is -0.457 e. The molecule has 1 N–H and O–H groups in total. The third kappa shape index (κ3) is 47.6. The van der Waals surface area contributed by atoms with Gasteiger partial charge in [-0.05, 0) is 44.9 Å². The molecule has 0 saturated heterocycles. The molecule has 8 nitrogen and oxygen atoms in total. The van der Waals surface area contributed by atoms with Crippen LogP contribution in [0.15, 0.2) is 36.5 Å². The van der Waals surface area contributed by atoms with Crippen LogP contribution in [0.5, 0.6) is 0 Å². The summed E-state index contributed by atoms with van der Waals surface area (Å²) in [5.74, 6) is -0.339. The Morgan fingerprint density at radius 1 is 0.542 bits per heavy atom. The van der Waals surface area contributed by atoms with Crippen molar-refractivity contribution in [3.63, 3.8) is 0 Å². The van der Waals surface area contributed by atoms with Crippen LogP contribution in [0.2, 0.25) is 0 Å². The zero-order valence-electron chi connectivity index (χ0n) is 39.5. The van der Waals surface area contributed by atoms with E-state index in [0.717, 1.165) is 57.8 Å². The number of phosphoric acid groups is 1. The molecule has 0 aromatic heterocycles. The smallest absolute Gasteiger partial charge is 0.457 e. The van der Waals surface area contributed by atoms with Crippen molar-refractivity contribution in [3.05, 3.63) is 36.5 Å². The van der Waals surface area contributed by atoms with Gasteiger partial charge in [-0.1, -0.05) is 204 Å². The molecule has 0 heterocycles. The summed E-state index contributed by atoms with van der Waals surface area (Å²) in [7, 11) is 1.65. The van der Waals surface area contributed by atoms with Gasteiger partial charge in [-0.2, -0.15) is 0 Å². The van der Waals surface area contributed by atoms with Crippen molar-refractivity contribution >= 4 is 13.8 Å². The summed E-state index contributed by atoms with van der Waals surface area (Å²) in [5.41, 5.74) is 0. The maximum absolute atomic E-state index is 12.7. The molecular weight excluding hydrogens is 758 g/mol. The Bertz CT molecular complexity index is 1040. The van der Waals surface area contributed by atoms with Crippen molar-refractivity contribution in [1.82, 2.24) is 0 Å². The number of ether oxygens (including phenoxy) is 2. The van der Waals surface area contributed by atoms with Crippen LogP contribution in [0.3, 0.4) is 0 Å². The quantitative estimate of drug-likeness (QED) is 0.0214. The number of rotatable bonds is 46. The third-order valence-corrected chi connectivity index (χ3v) is 11.7. The van der Waals surface area contributed by atoms with Crippen LogP contribution in [-0.2, 0) is 27.9 Å². The fourth-order valence-corrected chi connectivity index (χ4v) is 7.66. The van der Waals surface area contributed by atoms with Gasteiger partial charge in [-0.15, -0.1) is 0 Å². The fraction of sp³-hybridized carbons (Fsp3) is 0.860. The highest BCUT2D eigenvalue weighted by molar-refractivity contribution is 7.47. The van der Waals surface area contributed by atoms with Crippen LogP contribution in [-0.4, -0.2) is 75.6 Å². The van der Waals surface area contributed by atoms with Crippen molar-refractivity contribution in [2.75, 3.05) is 54.1 Å². The van der Waals surface area contributed by atoms with Gasteiger partial charge in [-0.3, -0.25) is 13.8 Å². The summed E-state index contributed by atoms with van der Waals surface area (Å²) in [4.78, 5) is 22.9. The zero-order valence-corrected chi connectivity index (χ0v) is 40.4. The van der Waals surface area contributed by atoms with Gasteiger partial charge < -0.3 is 18.9 Å². The largest absolute Gasteiger partial charge is 0.472 e. The molecule has 0 saturated carbocycles. The lowest BCUT2D eigenvalue weighted by atomic mass is 10.0. The number of nitrogens with zero attached hydrogens (tertiary/aromatic N) is 1. The highest BCUT2D eigenvalue weighted by Gasteiger charge is 2.26. The van der Waals surface area contributed by atoms with E-state index in [2.05, 4.69) is 50.3 Å². The topological polar surface area (TPSA) is 91.3 Å². The van der Waals surface area contributed by atoms with Crippen molar-refractivity contribution in [3.8, 4) is 0 Å². The normalized spacial score (nSPS) is 13.9. The molecule has 0 fully saturated rings. The molecule has 0 amide bonds. The molecule has 0 aliphatic rings. The average molecular weight is 855 g/mol. The number of quaternary nitrogens is 1. The molecule has 0 bridgehead atoms. The van der Waals surface area contributed by atoms with Gasteiger partial charge in [0.05, 0.1) is 34.4 Å². The highest BCUT2D eigenvalue weighted by Crippen LogP contribution is 2.43. The highest BCUT2D eigenvalue weighted by atomic mass is 31.2. The standard InChI is InChI=1S/C50H96NO7P/c1-6-8-10-12-14-16-18-20-21-22-23-24-25-26-27-28-29-30-32-34-36-38-40-42-45-55-47-49(48-57-59(53,54)56-46-44-51(3,4)5)58-50(52)43-41-39-37-35-33-31-19-17-15-13-11-9-7-2/h9,11,15,17,31,33,49H,6-8,10,12-14,16,18-30,32,34-48H2,1-5H3/p+1/b11-9-,17-15-,33-31-. The average Bonchev–Trinajstić information content (AvgIpc) is 3.19. The Kier molecular flexibility index (Phi) is 42.4. The monoisotopic (exact) mass is 855 g/mol. The lowest BCUT2D eigenvalue weighted by molar-refractivity contribution is -0.870. The molecule has 0 aromatic carbocycles. The second-order valence-electron chi connectivity index (χ2n) is 17.8. The molecule has 0 aromatic rings. The molecule has 59 heavy (non-hydrogen) atoms. The Balaban J connectivity index is 4.07. The molecule has 2 atom stereocenters. The van der Waals surface area contributed by atoms with Crippen molar-refractivity contribution in [1.29, 1.82) is 0 Å². The van der Waals surface area contributed by atoms with E-state index in [1.165, 1.54) is 141 Å². The summed E-state index contributed by atoms with van der Waals surface area (Å²) in [5, 5.41) is 0. The van der Waals surface area contributed by atoms with Crippen LogP contribution in [0.1, 0.15) is 219 Å². The van der Waals surface area contributed by atoms with E-state index >= 15 is 0 Å². The number of carbonyl (C=O) groups excluding carboxylic acids is 1. The lowest BCUT2D eigenvalue weighted by Crippen LogP contribution is -2.37. The van der Waals surface area contributed by atoms with E-state index in [-0.39, 0.29) is 25.8 Å². The number of hydrogen-bond acceptors (Lipinski definition) is 6. The molecule has 0 rings (SSSR count). The van der Waals surface area contributed by atoms with Gasteiger partial charge in [0.1, 0.15) is 19.3 Å². The maximum Gasteiger partial charge on any atom is 0.472 e. The summed E-state index contributed by atoms with van der Waals surface area (Å²) in [6.45, 7) is 5.50. The summed E-state index contributed by atoms with van der Waals surface area (Å²) >= 11 is 0. The van der Waals surface area contributed by atoms with Gasteiger partial charge in [0.25, 0.3) is 0 Å². The summed E-state index contributed by atoms with van der Waals surface area (Å²) in [6, 6.07) is 0. The molecule has 0 aliphatic carbocycles. The molecular formula is C50H97NO7P+. The SMILES string of the molecule is CC/C=C\C/C=C\C/C=C\CCCCCC(=O)OC(COCCCCCCCCCCCCCCCCCCCCCCCCCC)COP(=O)(O)OCC[N+](C)(C)C. The Labute approximate surface area is 365 Å². The van der Waals surface area contributed by atoms with Crippen LogP contribution >= 0.6 is 7.82 Å². The number of carbonyl (C=O) groups is 1. The molecule has 0 spiro atoms. The second-order valence-corrected chi connectivity index (χ2v) is 19.3. The van der Waals surface area contributed by atoms with Crippen molar-refractivity contribution in [2.45, 2.75) is 225 Å². The van der Waals surface area contributed by atoms with Gasteiger partial charge in [-0.25, -0.2) is 4.57 Å².